The highest BCUT2D eigenvalue weighted by molar-refractivity contribution is 4.84. The van der Waals surface area contributed by atoms with Crippen molar-refractivity contribution in [1.82, 2.24) is 0 Å². The summed E-state index contributed by atoms with van der Waals surface area (Å²) in [6.07, 6.45) is -2.32. The standard InChI is InChI=1S/C6H10F3/c1-2-3-5(8)6(9)4-7/h6H,2-4H2,1H3. The molecule has 0 fully saturated rings. The van der Waals surface area contributed by atoms with E-state index < -0.39 is 19.0 Å². The summed E-state index contributed by atoms with van der Waals surface area (Å²) in [6, 6.07) is 0. The highest BCUT2D eigenvalue weighted by atomic mass is 19.2. The normalized spacial score (nSPS) is 14.3. The summed E-state index contributed by atoms with van der Waals surface area (Å²) in [5.41, 5.74) is 0. The van der Waals surface area contributed by atoms with Gasteiger partial charge in [-0.05, 0) is 6.42 Å². The molecule has 0 nitrogen and oxygen atoms in total. The van der Waals surface area contributed by atoms with Crippen molar-refractivity contribution in [2.45, 2.75) is 25.9 Å². The van der Waals surface area contributed by atoms with E-state index in [4.69, 9.17) is 0 Å². The van der Waals surface area contributed by atoms with E-state index in [2.05, 4.69) is 0 Å². The minimum atomic E-state index is -2.00. The lowest BCUT2D eigenvalue weighted by Crippen LogP contribution is -2.10. The summed E-state index contributed by atoms with van der Waals surface area (Å²) >= 11 is 0. The van der Waals surface area contributed by atoms with Gasteiger partial charge in [-0.1, -0.05) is 13.3 Å². The maximum absolute atomic E-state index is 12.1. The Morgan fingerprint density at radius 1 is 1.56 bits per heavy atom. The quantitative estimate of drug-likeness (QED) is 0.561. The molecule has 0 aliphatic heterocycles. The minimum Gasteiger partial charge on any atom is -0.248 e. The van der Waals surface area contributed by atoms with Crippen LogP contribution in [0.4, 0.5) is 13.2 Å². The van der Waals surface area contributed by atoms with Gasteiger partial charge in [0.1, 0.15) is 6.67 Å². The fourth-order valence-corrected chi connectivity index (χ4v) is 0.479. The van der Waals surface area contributed by atoms with Crippen LogP contribution in [0.2, 0.25) is 0 Å². The number of halogens is 3. The van der Waals surface area contributed by atoms with Gasteiger partial charge in [-0.2, -0.15) is 0 Å². The Balaban J connectivity index is 3.32. The van der Waals surface area contributed by atoms with Gasteiger partial charge in [0.25, 0.3) is 0 Å². The van der Waals surface area contributed by atoms with Crippen LogP contribution in [0.15, 0.2) is 0 Å². The van der Waals surface area contributed by atoms with Gasteiger partial charge in [0.05, 0.1) is 0 Å². The average Bonchev–Trinajstić information content (AvgIpc) is 1.87. The molecule has 0 N–H and O–H groups in total. The van der Waals surface area contributed by atoms with Crippen molar-refractivity contribution in [1.29, 1.82) is 0 Å². The van der Waals surface area contributed by atoms with Crippen molar-refractivity contribution in [2.24, 2.45) is 0 Å². The van der Waals surface area contributed by atoms with E-state index in [1.165, 1.54) is 0 Å². The first-order valence-corrected chi connectivity index (χ1v) is 2.93. The van der Waals surface area contributed by atoms with E-state index in [9.17, 15) is 13.2 Å². The third kappa shape index (κ3) is 3.38. The Morgan fingerprint density at radius 2 is 2.11 bits per heavy atom. The van der Waals surface area contributed by atoms with Crippen LogP contribution in [-0.4, -0.2) is 12.8 Å². The van der Waals surface area contributed by atoms with Crippen LogP contribution in [0.25, 0.3) is 0 Å². The predicted octanol–water partition coefficient (Wildman–Crippen LogP) is 2.60. The molecule has 9 heavy (non-hydrogen) atoms. The van der Waals surface area contributed by atoms with E-state index in [0.717, 1.165) is 0 Å². The second-order valence-corrected chi connectivity index (χ2v) is 1.82. The largest absolute Gasteiger partial charge is 0.248 e. The monoisotopic (exact) mass is 139 g/mol. The van der Waals surface area contributed by atoms with Crippen LogP contribution in [0.1, 0.15) is 19.8 Å². The Morgan fingerprint density at radius 3 is 2.44 bits per heavy atom. The average molecular weight is 139 g/mol. The summed E-state index contributed by atoms with van der Waals surface area (Å²) < 4.78 is 35.3. The molecule has 55 valence electrons. The zero-order valence-electron chi connectivity index (χ0n) is 5.33. The van der Waals surface area contributed by atoms with Gasteiger partial charge >= 0.3 is 0 Å². The lowest BCUT2D eigenvalue weighted by molar-refractivity contribution is 0.204. The van der Waals surface area contributed by atoms with Crippen molar-refractivity contribution in [2.75, 3.05) is 6.67 Å². The van der Waals surface area contributed by atoms with Gasteiger partial charge in [0.15, 0.2) is 12.3 Å². The van der Waals surface area contributed by atoms with Crippen molar-refractivity contribution in [3.63, 3.8) is 0 Å². The molecular formula is C6H10F3. The number of alkyl halides is 2. The smallest absolute Gasteiger partial charge is 0.181 e. The summed E-state index contributed by atoms with van der Waals surface area (Å²) in [5, 5.41) is 0. The van der Waals surface area contributed by atoms with Crippen LogP contribution in [0, 0.1) is 6.17 Å². The molecule has 0 aliphatic carbocycles. The van der Waals surface area contributed by atoms with Gasteiger partial charge in [0, 0.05) is 0 Å². The van der Waals surface area contributed by atoms with Crippen molar-refractivity contribution in [3.05, 3.63) is 6.17 Å². The molecule has 0 aromatic rings. The molecule has 1 unspecified atom stereocenters. The van der Waals surface area contributed by atoms with Gasteiger partial charge in [-0.3, -0.25) is 0 Å². The minimum absolute atomic E-state index is 0.0328. The molecule has 0 aliphatic rings. The Kier molecular flexibility index (Phi) is 4.54. The van der Waals surface area contributed by atoms with E-state index in [-0.39, 0.29) is 6.42 Å². The first-order chi connectivity index (χ1) is 4.22. The summed E-state index contributed by atoms with van der Waals surface area (Å²) in [5.74, 6) is 0. The second-order valence-electron chi connectivity index (χ2n) is 1.82. The van der Waals surface area contributed by atoms with Crippen molar-refractivity contribution in [3.8, 4) is 0 Å². The Hall–Kier alpha value is -0.210. The van der Waals surface area contributed by atoms with Crippen molar-refractivity contribution >= 4 is 0 Å². The third-order valence-electron chi connectivity index (χ3n) is 0.964. The summed E-state index contributed by atoms with van der Waals surface area (Å²) in [7, 11) is 0. The maximum Gasteiger partial charge on any atom is 0.181 e. The molecule has 0 aromatic carbocycles. The van der Waals surface area contributed by atoms with E-state index in [1.54, 1.807) is 6.92 Å². The van der Waals surface area contributed by atoms with E-state index in [0.29, 0.717) is 6.42 Å². The molecular weight excluding hydrogens is 129 g/mol. The van der Waals surface area contributed by atoms with Crippen LogP contribution in [0.3, 0.4) is 0 Å². The molecule has 0 rings (SSSR count). The zero-order valence-corrected chi connectivity index (χ0v) is 5.33. The third-order valence-corrected chi connectivity index (χ3v) is 0.964. The fraction of sp³-hybridized carbons (Fsp3) is 0.833. The van der Waals surface area contributed by atoms with Crippen molar-refractivity contribution < 1.29 is 13.2 Å². The molecule has 0 amide bonds. The predicted molar refractivity (Wildman–Crippen MR) is 30.1 cm³/mol. The molecule has 0 bridgehead atoms. The first-order valence-electron chi connectivity index (χ1n) is 2.93. The van der Waals surface area contributed by atoms with Crippen LogP contribution >= 0.6 is 0 Å². The lowest BCUT2D eigenvalue weighted by Gasteiger charge is -2.05. The summed E-state index contributed by atoms with van der Waals surface area (Å²) in [6.45, 7) is 0.469. The molecule has 0 heterocycles. The topological polar surface area (TPSA) is 0 Å². The molecule has 0 saturated carbocycles. The molecule has 1 atom stereocenters. The Bertz CT molecular complexity index is 65.3. The second kappa shape index (κ2) is 4.65. The van der Waals surface area contributed by atoms with Crippen LogP contribution in [0.5, 0.6) is 0 Å². The van der Waals surface area contributed by atoms with Crippen LogP contribution < -0.4 is 0 Å². The van der Waals surface area contributed by atoms with Gasteiger partial charge in [0.2, 0.25) is 0 Å². The molecule has 1 radical (unpaired) electrons. The first kappa shape index (κ1) is 8.79. The fourth-order valence-electron chi connectivity index (χ4n) is 0.479. The highest BCUT2D eigenvalue weighted by Crippen LogP contribution is 2.18. The van der Waals surface area contributed by atoms with Crippen LogP contribution in [-0.2, 0) is 0 Å². The Labute approximate surface area is 53.1 Å². The molecule has 0 saturated heterocycles. The highest BCUT2D eigenvalue weighted by Gasteiger charge is 2.19. The van der Waals surface area contributed by atoms with Gasteiger partial charge in [-0.25, -0.2) is 13.2 Å². The molecule has 0 aromatic heterocycles. The SMILES string of the molecule is CCC[C](F)C(F)CF. The number of rotatable bonds is 4. The number of hydrogen-bond acceptors (Lipinski definition) is 0. The van der Waals surface area contributed by atoms with E-state index in [1.807, 2.05) is 0 Å². The maximum atomic E-state index is 12.1. The van der Waals surface area contributed by atoms with Gasteiger partial charge < -0.3 is 0 Å². The lowest BCUT2D eigenvalue weighted by atomic mass is 10.1. The number of hydrogen-bond donors (Lipinski definition) is 0. The summed E-state index contributed by atoms with van der Waals surface area (Å²) in [4.78, 5) is 0. The zero-order chi connectivity index (χ0) is 7.28. The van der Waals surface area contributed by atoms with E-state index >= 15 is 0 Å². The molecule has 0 spiro atoms. The van der Waals surface area contributed by atoms with Gasteiger partial charge in [-0.15, -0.1) is 0 Å². The molecule has 3 heteroatoms.